The summed E-state index contributed by atoms with van der Waals surface area (Å²) in [6.07, 6.45) is 5.45. The van der Waals surface area contributed by atoms with Crippen molar-refractivity contribution in [3.05, 3.63) is 0 Å². The van der Waals surface area contributed by atoms with Gasteiger partial charge in [-0.15, -0.1) is 0 Å². The van der Waals surface area contributed by atoms with Gasteiger partial charge in [-0.25, -0.2) is 0 Å². The van der Waals surface area contributed by atoms with E-state index in [9.17, 15) is 9.90 Å². The Morgan fingerprint density at radius 1 is 1.36 bits per heavy atom. The normalized spacial score (nSPS) is 36.9. The van der Waals surface area contributed by atoms with E-state index in [1.54, 1.807) is 0 Å². The molecule has 0 aromatic heterocycles. The Labute approximate surface area is 84.4 Å². The Bertz CT molecular complexity index is 231. The number of hydrogen-bond donors (Lipinski definition) is 1. The van der Waals surface area contributed by atoms with Crippen LogP contribution in [-0.2, 0) is 9.53 Å². The Morgan fingerprint density at radius 3 is 2.50 bits per heavy atom. The molecule has 14 heavy (non-hydrogen) atoms. The number of cyclic esters (lactones) is 1. The average Bonchev–Trinajstić information content (AvgIpc) is 2.47. The lowest BCUT2D eigenvalue weighted by molar-refractivity contribution is -0.152. The van der Waals surface area contributed by atoms with Crippen molar-refractivity contribution >= 4 is 5.97 Å². The molecule has 1 saturated heterocycles. The number of carbonyl (C=O) groups excluding carboxylic acids is 1. The summed E-state index contributed by atoms with van der Waals surface area (Å²) in [6, 6.07) is 0. The van der Waals surface area contributed by atoms with Crippen LogP contribution in [0.3, 0.4) is 0 Å². The molecule has 0 amide bonds. The second kappa shape index (κ2) is 3.54. The summed E-state index contributed by atoms with van der Waals surface area (Å²) in [5.41, 5.74) is -0.764. The first kappa shape index (κ1) is 9.97. The summed E-state index contributed by atoms with van der Waals surface area (Å²) in [4.78, 5) is 11.5. The molecule has 80 valence electrons. The maximum atomic E-state index is 11.5. The Morgan fingerprint density at radius 2 is 2.00 bits per heavy atom. The lowest BCUT2D eigenvalue weighted by Gasteiger charge is -2.35. The van der Waals surface area contributed by atoms with E-state index in [0.717, 1.165) is 25.7 Å². The fourth-order valence-corrected chi connectivity index (χ4v) is 2.71. The van der Waals surface area contributed by atoms with Crippen molar-refractivity contribution in [3.8, 4) is 0 Å². The fourth-order valence-electron chi connectivity index (χ4n) is 2.71. The van der Waals surface area contributed by atoms with E-state index >= 15 is 0 Å². The second-order valence-corrected chi connectivity index (χ2v) is 4.70. The largest absolute Gasteiger partial charge is 0.462 e. The highest BCUT2D eigenvalue weighted by molar-refractivity contribution is 5.76. The first-order valence-electron chi connectivity index (χ1n) is 5.55. The Kier molecular flexibility index (Phi) is 2.52. The zero-order valence-electron chi connectivity index (χ0n) is 8.66. The molecule has 3 nitrogen and oxygen atoms in total. The number of rotatable bonds is 1. The van der Waals surface area contributed by atoms with Gasteiger partial charge in [0, 0.05) is 6.42 Å². The van der Waals surface area contributed by atoms with Crippen molar-refractivity contribution < 1.29 is 14.6 Å². The molecule has 2 aliphatic rings. The molecule has 2 atom stereocenters. The smallest absolute Gasteiger partial charge is 0.312 e. The van der Waals surface area contributed by atoms with E-state index < -0.39 is 5.60 Å². The van der Waals surface area contributed by atoms with Gasteiger partial charge in [-0.3, -0.25) is 4.79 Å². The number of carbonyl (C=O) groups is 1. The van der Waals surface area contributed by atoms with Gasteiger partial charge in [0.1, 0.15) is 0 Å². The first-order valence-corrected chi connectivity index (χ1v) is 5.55. The van der Waals surface area contributed by atoms with E-state index in [1.807, 2.05) is 6.92 Å². The van der Waals surface area contributed by atoms with Crippen LogP contribution in [-0.4, -0.2) is 22.8 Å². The molecule has 1 heterocycles. The Hall–Kier alpha value is -0.570. The van der Waals surface area contributed by atoms with Crippen LogP contribution in [0.4, 0.5) is 0 Å². The van der Waals surface area contributed by atoms with Gasteiger partial charge in [0.05, 0.1) is 17.6 Å². The summed E-state index contributed by atoms with van der Waals surface area (Å²) in [5.74, 6) is -0.459. The molecular formula is C11H18O3. The average molecular weight is 198 g/mol. The van der Waals surface area contributed by atoms with E-state index in [4.69, 9.17) is 4.74 Å². The van der Waals surface area contributed by atoms with Crippen LogP contribution in [0.5, 0.6) is 0 Å². The van der Waals surface area contributed by atoms with Crippen LogP contribution in [0.15, 0.2) is 0 Å². The SMILES string of the molecule is C[C@@H]1C[C@@H](C2(O)CCCCC2)C(=O)O1. The number of esters is 1. The van der Waals surface area contributed by atoms with Crippen LogP contribution in [0, 0.1) is 5.92 Å². The zero-order chi connectivity index (χ0) is 10.2. The molecule has 0 unspecified atom stereocenters. The van der Waals surface area contributed by atoms with E-state index in [1.165, 1.54) is 6.42 Å². The zero-order valence-corrected chi connectivity index (χ0v) is 8.66. The lowest BCUT2D eigenvalue weighted by atomic mass is 9.74. The van der Waals surface area contributed by atoms with Gasteiger partial charge in [-0.2, -0.15) is 0 Å². The van der Waals surface area contributed by atoms with Crippen molar-refractivity contribution in [2.75, 3.05) is 0 Å². The maximum absolute atomic E-state index is 11.5. The predicted molar refractivity (Wildman–Crippen MR) is 51.7 cm³/mol. The quantitative estimate of drug-likeness (QED) is 0.651. The van der Waals surface area contributed by atoms with Crippen molar-refractivity contribution in [3.63, 3.8) is 0 Å². The summed E-state index contributed by atoms with van der Waals surface area (Å²) < 4.78 is 5.09. The van der Waals surface area contributed by atoms with Gasteiger partial charge >= 0.3 is 5.97 Å². The van der Waals surface area contributed by atoms with Gasteiger partial charge in [-0.1, -0.05) is 19.3 Å². The predicted octanol–water partition coefficient (Wildman–Crippen LogP) is 1.63. The van der Waals surface area contributed by atoms with Gasteiger partial charge in [-0.05, 0) is 19.8 Å². The highest BCUT2D eigenvalue weighted by Crippen LogP contribution is 2.40. The third-order valence-corrected chi connectivity index (χ3v) is 3.54. The molecule has 2 rings (SSSR count). The van der Waals surface area contributed by atoms with Gasteiger partial charge in [0.15, 0.2) is 0 Å². The number of hydrogen-bond acceptors (Lipinski definition) is 3. The molecule has 1 saturated carbocycles. The Balaban J connectivity index is 2.09. The number of ether oxygens (including phenoxy) is 1. The molecule has 0 spiro atoms. The van der Waals surface area contributed by atoms with Gasteiger partial charge < -0.3 is 9.84 Å². The monoisotopic (exact) mass is 198 g/mol. The topological polar surface area (TPSA) is 46.5 Å². The molecule has 1 aliphatic heterocycles. The second-order valence-electron chi connectivity index (χ2n) is 4.70. The molecular weight excluding hydrogens is 180 g/mol. The van der Waals surface area contributed by atoms with E-state index in [2.05, 4.69) is 0 Å². The van der Waals surface area contributed by atoms with Gasteiger partial charge in [0.2, 0.25) is 0 Å². The van der Waals surface area contributed by atoms with Crippen molar-refractivity contribution in [1.82, 2.24) is 0 Å². The summed E-state index contributed by atoms with van der Waals surface area (Å²) in [5, 5.41) is 10.4. The minimum Gasteiger partial charge on any atom is -0.462 e. The summed E-state index contributed by atoms with van der Waals surface area (Å²) in [7, 11) is 0. The molecule has 3 heteroatoms. The molecule has 2 fully saturated rings. The van der Waals surface area contributed by atoms with Crippen LogP contribution < -0.4 is 0 Å². The third kappa shape index (κ3) is 1.65. The third-order valence-electron chi connectivity index (χ3n) is 3.54. The van der Waals surface area contributed by atoms with E-state index in [-0.39, 0.29) is 18.0 Å². The molecule has 0 aromatic rings. The van der Waals surface area contributed by atoms with Crippen molar-refractivity contribution in [2.24, 2.45) is 5.92 Å². The number of aliphatic hydroxyl groups is 1. The molecule has 0 bridgehead atoms. The molecule has 0 aromatic carbocycles. The molecule has 1 N–H and O–H groups in total. The fraction of sp³-hybridized carbons (Fsp3) is 0.909. The van der Waals surface area contributed by atoms with Crippen LogP contribution >= 0.6 is 0 Å². The minimum absolute atomic E-state index is 0.0153. The van der Waals surface area contributed by atoms with Crippen molar-refractivity contribution in [1.29, 1.82) is 0 Å². The van der Waals surface area contributed by atoms with Crippen molar-refractivity contribution in [2.45, 2.75) is 57.2 Å². The van der Waals surface area contributed by atoms with E-state index in [0.29, 0.717) is 6.42 Å². The van der Waals surface area contributed by atoms with Crippen LogP contribution in [0.1, 0.15) is 45.4 Å². The first-order chi connectivity index (χ1) is 6.62. The molecule has 0 radical (unpaired) electrons. The lowest BCUT2D eigenvalue weighted by Crippen LogP contribution is -2.42. The van der Waals surface area contributed by atoms with Crippen LogP contribution in [0.2, 0.25) is 0 Å². The molecule has 1 aliphatic carbocycles. The minimum atomic E-state index is -0.764. The summed E-state index contributed by atoms with van der Waals surface area (Å²) in [6.45, 7) is 1.89. The highest BCUT2D eigenvalue weighted by atomic mass is 16.6. The standard InChI is InChI=1S/C11H18O3/c1-8-7-9(10(12)14-8)11(13)5-3-2-4-6-11/h8-9,13H,2-7H2,1H3/t8-,9-/m1/s1. The summed E-state index contributed by atoms with van der Waals surface area (Å²) >= 11 is 0. The van der Waals surface area contributed by atoms with Crippen LogP contribution in [0.25, 0.3) is 0 Å². The maximum Gasteiger partial charge on any atom is 0.312 e. The highest BCUT2D eigenvalue weighted by Gasteiger charge is 2.47. The van der Waals surface area contributed by atoms with Gasteiger partial charge in [0.25, 0.3) is 0 Å².